The molecule has 160 valence electrons. The largest absolute Gasteiger partial charge is 0.457 e. The molecule has 0 fully saturated rings. The Morgan fingerprint density at radius 2 is 1.72 bits per heavy atom. The SMILES string of the molecule is O=C(Nc1c2c(nn1-c1cccc(Cl)c1Cl)CCC2)c1ccccc1Oc1ccccc1. The van der Waals surface area contributed by atoms with Gasteiger partial charge in [-0.2, -0.15) is 5.10 Å². The van der Waals surface area contributed by atoms with E-state index in [0.717, 1.165) is 30.5 Å². The zero-order valence-corrected chi connectivity index (χ0v) is 18.5. The van der Waals surface area contributed by atoms with Gasteiger partial charge in [-0.25, -0.2) is 4.68 Å². The third kappa shape index (κ3) is 3.85. The molecule has 0 spiro atoms. The first kappa shape index (κ1) is 20.6. The Morgan fingerprint density at radius 3 is 2.56 bits per heavy atom. The van der Waals surface area contributed by atoms with Crippen LogP contribution in [0.5, 0.6) is 11.5 Å². The fraction of sp³-hybridized carbons (Fsp3) is 0.120. The molecule has 1 N–H and O–H groups in total. The first-order chi connectivity index (χ1) is 15.6. The van der Waals surface area contributed by atoms with E-state index < -0.39 is 0 Å². The third-order valence-corrected chi connectivity index (χ3v) is 6.21. The minimum Gasteiger partial charge on any atom is -0.457 e. The van der Waals surface area contributed by atoms with E-state index in [1.165, 1.54) is 0 Å². The monoisotopic (exact) mass is 463 g/mol. The highest BCUT2D eigenvalue weighted by molar-refractivity contribution is 6.43. The average Bonchev–Trinajstić information content (AvgIpc) is 3.39. The van der Waals surface area contributed by atoms with Crippen LogP contribution >= 0.6 is 23.2 Å². The molecule has 4 aromatic rings. The highest BCUT2D eigenvalue weighted by Crippen LogP contribution is 2.36. The third-order valence-electron chi connectivity index (χ3n) is 5.40. The molecule has 1 amide bonds. The van der Waals surface area contributed by atoms with Crippen molar-refractivity contribution in [2.24, 2.45) is 0 Å². The van der Waals surface area contributed by atoms with Gasteiger partial charge in [0.25, 0.3) is 5.91 Å². The van der Waals surface area contributed by atoms with Crippen LogP contribution in [0, 0.1) is 0 Å². The fourth-order valence-electron chi connectivity index (χ4n) is 3.88. The lowest BCUT2D eigenvalue weighted by molar-refractivity contribution is 0.102. The van der Waals surface area contributed by atoms with Crippen molar-refractivity contribution < 1.29 is 9.53 Å². The molecular formula is C25H19Cl2N3O2. The molecule has 0 aliphatic heterocycles. The predicted molar refractivity (Wildman–Crippen MR) is 127 cm³/mol. The molecule has 1 heterocycles. The summed E-state index contributed by atoms with van der Waals surface area (Å²) in [5.41, 5.74) is 3.03. The average molecular weight is 464 g/mol. The van der Waals surface area contributed by atoms with Gasteiger partial charge in [0.15, 0.2) is 0 Å². The van der Waals surface area contributed by atoms with E-state index in [4.69, 9.17) is 33.0 Å². The van der Waals surface area contributed by atoms with Crippen LogP contribution in [0.15, 0.2) is 72.8 Å². The Kier molecular flexibility index (Phi) is 5.60. The molecule has 5 rings (SSSR count). The number of para-hydroxylation sites is 2. The quantitative estimate of drug-likeness (QED) is 0.357. The summed E-state index contributed by atoms with van der Waals surface area (Å²) in [6, 6.07) is 21.9. The number of hydrogen-bond acceptors (Lipinski definition) is 3. The maximum Gasteiger partial charge on any atom is 0.260 e. The van der Waals surface area contributed by atoms with Gasteiger partial charge in [0.2, 0.25) is 0 Å². The van der Waals surface area contributed by atoms with E-state index in [2.05, 4.69) is 5.32 Å². The van der Waals surface area contributed by atoms with E-state index in [-0.39, 0.29) is 5.91 Å². The van der Waals surface area contributed by atoms with E-state index in [0.29, 0.717) is 38.6 Å². The standard InChI is InChI=1S/C25H19Cl2N3O2/c26-19-12-7-14-21(23(19)27)30-24(17-11-6-13-20(17)29-30)28-25(31)18-10-4-5-15-22(18)32-16-8-2-1-3-9-16/h1-5,7-10,12,14-15H,6,11,13H2,(H,28,31). The Hall–Kier alpha value is -3.28. The molecule has 5 nitrogen and oxygen atoms in total. The number of carbonyl (C=O) groups excluding carboxylic acids is 1. The zero-order chi connectivity index (χ0) is 22.1. The number of rotatable bonds is 5. The maximum atomic E-state index is 13.4. The van der Waals surface area contributed by atoms with Crippen molar-refractivity contribution in [2.75, 3.05) is 5.32 Å². The molecule has 0 unspecified atom stereocenters. The number of nitrogens with one attached hydrogen (secondary N) is 1. The summed E-state index contributed by atoms with van der Waals surface area (Å²) in [4.78, 5) is 13.4. The number of aryl methyl sites for hydroxylation is 1. The van der Waals surface area contributed by atoms with Crippen LogP contribution in [-0.4, -0.2) is 15.7 Å². The molecule has 1 aliphatic carbocycles. The smallest absolute Gasteiger partial charge is 0.260 e. The van der Waals surface area contributed by atoms with Gasteiger partial charge in [-0.05, 0) is 55.7 Å². The van der Waals surface area contributed by atoms with Gasteiger partial charge < -0.3 is 10.1 Å². The molecule has 0 atom stereocenters. The molecule has 0 bridgehead atoms. The number of anilines is 1. The number of fused-ring (bicyclic) bond motifs is 1. The van der Waals surface area contributed by atoms with Gasteiger partial charge >= 0.3 is 0 Å². The normalized spacial score (nSPS) is 12.4. The molecule has 0 saturated heterocycles. The molecule has 1 aromatic heterocycles. The highest BCUT2D eigenvalue weighted by atomic mass is 35.5. The maximum absolute atomic E-state index is 13.4. The van der Waals surface area contributed by atoms with Crippen molar-refractivity contribution in [3.05, 3.63) is 99.7 Å². The van der Waals surface area contributed by atoms with Gasteiger partial charge in [-0.15, -0.1) is 0 Å². The van der Waals surface area contributed by atoms with Crippen LogP contribution in [0.4, 0.5) is 5.82 Å². The number of ether oxygens (including phenoxy) is 1. The van der Waals surface area contributed by atoms with Gasteiger partial charge in [-0.3, -0.25) is 4.79 Å². The van der Waals surface area contributed by atoms with Crippen LogP contribution in [0.25, 0.3) is 5.69 Å². The van der Waals surface area contributed by atoms with Crippen LogP contribution in [0.3, 0.4) is 0 Å². The number of amides is 1. The second-order valence-electron chi connectivity index (χ2n) is 7.48. The Bertz CT molecular complexity index is 1300. The van der Waals surface area contributed by atoms with E-state index >= 15 is 0 Å². The van der Waals surface area contributed by atoms with Crippen LogP contribution < -0.4 is 10.1 Å². The van der Waals surface area contributed by atoms with Gasteiger partial charge in [0, 0.05) is 5.56 Å². The Morgan fingerprint density at radius 1 is 0.938 bits per heavy atom. The van der Waals surface area contributed by atoms with E-state index in [1.807, 2.05) is 54.6 Å². The number of benzene rings is 3. The number of carbonyl (C=O) groups is 1. The topological polar surface area (TPSA) is 56.2 Å². The molecule has 0 saturated carbocycles. The first-order valence-corrected chi connectivity index (χ1v) is 11.1. The van der Waals surface area contributed by atoms with Crippen LogP contribution in [0.2, 0.25) is 10.0 Å². The van der Waals surface area contributed by atoms with Crippen molar-refractivity contribution in [1.29, 1.82) is 0 Å². The summed E-state index contributed by atoms with van der Waals surface area (Å²) < 4.78 is 7.65. The predicted octanol–water partition coefficient (Wildman–Crippen LogP) is 6.71. The summed E-state index contributed by atoms with van der Waals surface area (Å²) in [6.07, 6.45) is 2.70. The fourth-order valence-corrected chi connectivity index (χ4v) is 4.26. The summed E-state index contributed by atoms with van der Waals surface area (Å²) in [5, 5.41) is 8.60. The summed E-state index contributed by atoms with van der Waals surface area (Å²) in [6.45, 7) is 0. The van der Waals surface area contributed by atoms with Crippen molar-refractivity contribution >= 4 is 34.9 Å². The molecule has 3 aromatic carbocycles. The Balaban J connectivity index is 1.52. The number of nitrogens with zero attached hydrogens (tertiary/aromatic N) is 2. The highest BCUT2D eigenvalue weighted by Gasteiger charge is 2.26. The second kappa shape index (κ2) is 8.69. The van der Waals surface area contributed by atoms with Gasteiger partial charge in [0.1, 0.15) is 17.3 Å². The molecule has 1 aliphatic rings. The second-order valence-corrected chi connectivity index (χ2v) is 8.26. The number of halogens is 2. The van der Waals surface area contributed by atoms with Gasteiger partial charge in [0.05, 0.1) is 27.0 Å². The van der Waals surface area contributed by atoms with Crippen molar-refractivity contribution in [1.82, 2.24) is 9.78 Å². The number of hydrogen-bond donors (Lipinski definition) is 1. The van der Waals surface area contributed by atoms with E-state index in [9.17, 15) is 4.79 Å². The lowest BCUT2D eigenvalue weighted by Crippen LogP contribution is -2.17. The van der Waals surface area contributed by atoms with Gasteiger partial charge in [-0.1, -0.05) is 59.6 Å². The lowest BCUT2D eigenvalue weighted by Gasteiger charge is -2.14. The van der Waals surface area contributed by atoms with E-state index in [1.54, 1.807) is 22.9 Å². The molecular weight excluding hydrogens is 445 g/mol. The van der Waals surface area contributed by atoms with Crippen molar-refractivity contribution in [2.45, 2.75) is 19.3 Å². The number of aromatic nitrogens is 2. The molecule has 32 heavy (non-hydrogen) atoms. The summed E-state index contributed by atoms with van der Waals surface area (Å²) >= 11 is 12.7. The minimum atomic E-state index is -0.287. The lowest BCUT2D eigenvalue weighted by atomic mass is 10.1. The van der Waals surface area contributed by atoms with Crippen molar-refractivity contribution in [3.8, 4) is 17.2 Å². The summed E-state index contributed by atoms with van der Waals surface area (Å²) in [5.74, 6) is 1.45. The minimum absolute atomic E-state index is 0.287. The zero-order valence-electron chi connectivity index (χ0n) is 17.0. The summed E-state index contributed by atoms with van der Waals surface area (Å²) in [7, 11) is 0. The van der Waals surface area contributed by atoms with Crippen LogP contribution in [0.1, 0.15) is 28.0 Å². The first-order valence-electron chi connectivity index (χ1n) is 10.3. The molecule has 7 heteroatoms. The Labute approximate surface area is 195 Å². The van der Waals surface area contributed by atoms with Crippen LogP contribution in [-0.2, 0) is 12.8 Å². The molecule has 0 radical (unpaired) electrons. The van der Waals surface area contributed by atoms with Crippen molar-refractivity contribution in [3.63, 3.8) is 0 Å².